The molecule has 0 aliphatic carbocycles. The molecule has 2 aromatic carbocycles. The zero-order valence-corrected chi connectivity index (χ0v) is 8.07. The molecule has 0 aromatic heterocycles. The monoisotopic (exact) mass is 205 g/mol. The van der Waals surface area contributed by atoms with Crippen LogP contribution in [0.2, 0.25) is 0 Å². The molecule has 0 N–H and O–H groups in total. The Bertz CT molecular complexity index is 510. The van der Waals surface area contributed by atoms with Crippen LogP contribution in [0.3, 0.4) is 0 Å². The molecule has 0 bridgehead atoms. The number of nitrogens with zero attached hydrogens (tertiary/aromatic N) is 1. The number of thiol groups is 1. The summed E-state index contributed by atoms with van der Waals surface area (Å²) in [7, 11) is 0. The summed E-state index contributed by atoms with van der Waals surface area (Å²) >= 11 is 4.24. The Kier molecular flexibility index (Phi) is 2.13. The molecule has 14 heavy (non-hydrogen) atoms. The fourth-order valence-electron chi connectivity index (χ4n) is 1.44. The summed E-state index contributed by atoms with van der Waals surface area (Å²) in [5, 5.41) is 12.1. The van der Waals surface area contributed by atoms with E-state index in [9.17, 15) is 10.1 Å². The number of rotatable bonds is 1. The molecule has 0 atom stereocenters. The van der Waals surface area contributed by atoms with E-state index >= 15 is 0 Å². The van der Waals surface area contributed by atoms with Gasteiger partial charge in [0.2, 0.25) is 0 Å². The summed E-state index contributed by atoms with van der Waals surface area (Å²) in [4.78, 5) is 11.1. The van der Waals surface area contributed by atoms with Crippen LogP contribution >= 0.6 is 12.6 Å². The quantitative estimate of drug-likeness (QED) is 0.441. The number of fused-ring (bicyclic) bond motifs is 1. The molecule has 70 valence electrons. The van der Waals surface area contributed by atoms with E-state index < -0.39 is 0 Å². The highest BCUT2D eigenvalue weighted by molar-refractivity contribution is 7.80. The predicted molar refractivity (Wildman–Crippen MR) is 57.9 cm³/mol. The molecule has 4 heteroatoms. The summed E-state index contributed by atoms with van der Waals surface area (Å²) in [6, 6.07) is 10.3. The van der Waals surface area contributed by atoms with Crippen LogP contribution in [-0.2, 0) is 0 Å². The van der Waals surface area contributed by atoms with Gasteiger partial charge in [-0.1, -0.05) is 18.2 Å². The van der Waals surface area contributed by atoms with Gasteiger partial charge >= 0.3 is 0 Å². The fraction of sp³-hybridized carbons (Fsp3) is 0. The van der Waals surface area contributed by atoms with E-state index in [1.165, 1.54) is 6.07 Å². The second-order valence-electron chi connectivity index (χ2n) is 2.91. The first kappa shape index (κ1) is 9.02. The lowest BCUT2D eigenvalue weighted by atomic mass is 10.1. The summed E-state index contributed by atoms with van der Waals surface area (Å²) in [6.45, 7) is 0. The molecule has 0 spiro atoms. The maximum absolute atomic E-state index is 10.7. The minimum atomic E-state index is -0.379. The van der Waals surface area contributed by atoms with Gasteiger partial charge in [-0.2, -0.15) is 0 Å². The number of nitro groups is 1. The van der Waals surface area contributed by atoms with Crippen molar-refractivity contribution in [3.05, 3.63) is 46.5 Å². The van der Waals surface area contributed by atoms with Crippen LogP contribution in [0.5, 0.6) is 0 Å². The molecule has 0 heterocycles. The smallest absolute Gasteiger partial charge is 0.258 e. The normalized spacial score (nSPS) is 10.4. The first-order valence-corrected chi connectivity index (χ1v) is 4.50. The van der Waals surface area contributed by atoms with E-state index in [2.05, 4.69) is 12.6 Å². The Labute approximate surface area is 85.9 Å². The zero-order chi connectivity index (χ0) is 10.1. The van der Waals surface area contributed by atoms with Crippen molar-refractivity contribution < 1.29 is 4.92 Å². The Morgan fingerprint density at radius 3 is 2.43 bits per heavy atom. The van der Waals surface area contributed by atoms with Crippen molar-refractivity contribution >= 4 is 29.1 Å². The average molecular weight is 205 g/mol. The predicted octanol–water partition coefficient (Wildman–Crippen LogP) is 3.04. The fourth-order valence-corrected chi connectivity index (χ4v) is 1.72. The maximum atomic E-state index is 10.7. The van der Waals surface area contributed by atoms with Gasteiger partial charge in [0.05, 0.1) is 10.3 Å². The third-order valence-corrected chi connectivity index (χ3v) is 2.46. The number of nitro benzene ring substituents is 1. The maximum Gasteiger partial charge on any atom is 0.277 e. The lowest BCUT2D eigenvalue weighted by molar-refractivity contribution is -0.383. The summed E-state index contributed by atoms with van der Waals surface area (Å²) in [5.41, 5.74) is 0.124. The van der Waals surface area contributed by atoms with Gasteiger partial charge in [-0.3, -0.25) is 10.1 Å². The number of hydrogen-bond donors (Lipinski definition) is 1. The van der Waals surface area contributed by atoms with Gasteiger partial charge in [0.15, 0.2) is 0 Å². The van der Waals surface area contributed by atoms with Crippen molar-refractivity contribution in [2.24, 2.45) is 0 Å². The Balaban J connectivity index is 2.88. The Hall–Kier alpha value is -1.55. The number of hydrogen-bond acceptors (Lipinski definition) is 3. The number of non-ortho nitro benzene ring substituents is 1. The van der Waals surface area contributed by atoms with Gasteiger partial charge in [0, 0.05) is 16.3 Å². The first-order valence-electron chi connectivity index (χ1n) is 4.05. The number of benzene rings is 2. The molecule has 0 saturated carbocycles. The van der Waals surface area contributed by atoms with Gasteiger partial charge in [0.25, 0.3) is 5.69 Å². The van der Waals surface area contributed by atoms with E-state index in [0.29, 0.717) is 5.39 Å². The van der Waals surface area contributed by atoms with Crippen molar-refractivity contribution in [2.45, 2.75) is 4.90 Å². The molecule has 3 nitrogen and oxygen atoms in total. The molecule has 0 aliphatic rings. The van der Waals surface area contributed by atoms with Gasteiger partial charge in [-0.05, 0) is 12.1 Å². The van der Waals surface area contributed by atoms with Crippen LogP contribution in [0.25, 0.3) is 10.8 Å². The molecule has 2 aromatic rings. The van der Waals surface area contributed by atoms with Crippen molar-refractivity contribution in [3.8, 4) is 0 Å². The molecule has 0 amide bonds. The van der Waals surface area contributed by atoms with Crippen LogP contribution < -0.4 is 0 Å². The largest absolute Gasteiger partial charge is 0.277 e. The topological polar surface area (TPSA) is 43.1 Å². The highest BCUT2D eigenvalue weighted by Gasteiger charge is 2.10. The van der Waals surface area contributed by atoms with Crippen molar-refractivity contribution in [1.82, 2.24) is 0 Å². The van der Waals surface area contributed by atoms with E-state index in [1.54, 1.807) is 18.2 Å². The molecule has 0 aliphatic heterocycles. The van der Waals surface area contributed by atoms with Gasteiger partial charge in [-0.25, -0.2) is 0 Å². The second kappa shape index (κ2) is 3.31. The SMILES string of the molecule is O=[N+]([O-])c1cccc2c(S)cccc12. The average Bonchev–Trinajstić information content (AvgIpc) is 2.17. The van der Waals surface area contributed by atoms with Crippen molar-refractivity contribution in [1.29, 1.82) is 0 Å². The van der Waals surface area contributed by atoms with Crippen molar-refractivity contribution in [2.75, 3.05) is 0 Å². The third kappa shape index (κ3) is 1.33. The van der Waals surface area contributed by atoms with E-state index in [4.69, 9.17) is 0 Å². The Morgan fingerprint density at radius 2 is 1.71 bits per heavy atom. The summed E-state index contributed by atoms with van der Waals surface area (Å²) in [5.74, 6) is 0. The zero-order valence-electron chi connectivity index (χ0n) is 7.18. The van der Waals surface area contributed by atoms with Gasteiger partial charge < -0.3 is 0 Å². The molecule has 0 saturated heterocycles. The van der Waals surface area contributed by atoms with Crippen LogP contribution in [0.1, 0.15) is 0 Å². The standard InChI is InChI=1S/C10H7NO2S/c12-11(13)9-5-1-4-8-7(9)3-2-6-10(8)14/h1-6,14H. The lowest BCUT2D eigenvalue weighted by Gasteiger charge is -2.00. The molecule has 0 fully saturated rings. The lowest BCUT2D eigenvalue weighted by Crippen LogP contribution is -1.89. The van der Waals surface area contributed by atoms with Crippen LogP contribution in [0.4, 0.5) is 5.69 Å². The minimum Gasteiger partial charge on any atom is -0.258 e. The summed E-state index contributed by atoms with van der Waals surface area (Å²) in [6.07, 6.45) is 0. The van der Waals surface area contributed by atoms with Crippen molar-refractivity contribution in [3.63, 3.8) is 0 Å². The van der Waals surface area contributed by atoms with E-state index in [-0.39, 0.29) is 10.6 Å². The second-order valence-corrected chi connectivity index (χ2v) is 3.39. The molecular formula is C10H7NO2S. The van der Waals surface area contributed by atoms with Crippen LogP contribution in [0.15, 0.2) is 41.3 Å². The molecular weight excluding hydrogens is 198 g/mol. The van der Waals surface area contributed by atoms with Crippen LogP contribution in [0, 0.1) is 10.1 Å². The van der Waals surface area contributed by atoms with E-state index in [0.717, 1.165) is 10.3 Å². The Morgan fingerprint density at radius 1 is 1.07 bits per heavy atom. The highest BCUT2D eigenvalue weighted by atomic mass is 32.1. The van der Waals surface area contributed by atoms with E-state index in [1.807, 2.05) is 12.1 Å². The molecule has 0 radical (unpaired) electrons. The van der Waals surface area contributed by atoms with Gasteiger partial charge in [-0.15, -0.1) is 12.6 Å². The first-order chi connectivity index (χ1) is 6.70. The molecule has 2 rings (SSSR count). The van der Waals surface area contributed by atoms with Gasteiger partial charge in [0.1, 0.15) is 0 Å². The minimum absolute atomic E-state index is 0.124. The third-order valence-electron chi connectivity index (χ3n) is 2.07. The van der Waals surface area contributed by atoms with Crippen LogP contribution in [-0.4, -0.2) is 4.92 Å². The highest BCUT2D eigenvalue weighted by Crippen LogP contribution is 2.28. The molecule has 0 unspecified atom stereocenters. The summed E-state index contributed by atoms with van der Waals surface area (Å²) < 4.78 is 0.